The van der Waals surface area contributed by atoms with Gasteiger partial charge in [-0.15, -0.1) is 0 Å². The Hall–Kier alpha value is -2.38. The van der Waals surface area contributed by atoms with Crippen molar-refractivity contribution in [3.63, 3.8) is 0 Å². The summed E-state index contributed by atoms with van der Waals surface area (Å²) in [6.07, 6.45) is -0.586. The Labute approximate surface area is 141 Å². The van der Waals surface area contributed by atoms with Crippen LogP contribution in [0.1, 0.15) is 13.8 Å². The molecule has 2 rings (SSSR count). The van der Waals surface area contributed by atoms with Crippen LogP contribution in [-0.4, -0.2) is 49.1 Å². The molecule has 0 radical (unpaired) electrons. The first kappa shape index (κ1) is 18.0. The Bertz CT molecular complexity index is 657. The molecule has 1 amide bonds. The fourth-order valence-corrected chi connectivity index (χ4v) is 2.12. The van der Waals surface area contributed by atoms with Gasteiger partial charge in [-0.25, -0.2) is 0 Å². The number of hydrogen-bond acceptors (Lipinski definition) is 5. The van der Waals surface area contributed by atoms with E-state index < -0.39 is 6.10 Å². The molecule has 0 fully saturated rings. The molecule has 1 aromatic carbocycles. The Balaban J connectivity index is 1.94. The van der Waals surface area contributed by atoms with Crippen LogP contribution in [0.25, 0.3) is 11.3 Å². The van der Waals surface area contributed by atoms with Crippen molar-refractivity contribution in [2.45, 2.75) is 20.0 Å². The first-order valence-electron chi connectivity index (χ1n) is 7.84. The molecule has 0 saturated carbocycles. The summed E-state index contributed by atoms with van der Waals surface area (Å²) in [7, 11) is 1.61. The van der Waals surface area contributed by atoms with Crippen molar-refractivity contribution in [3.8, 4) is 17.0 Å². The SMILES string of the molecule is CCOCCO[C@H](C)C(=O)Nc1cc(-c2ccccc2OC)[nH]n1. The van der Waals surface area contributed by atoms with Crippen LogP contribution in [0, 0.1) is 0 Å². The molecule has 24 heavy (non-hydrogen) atoms. The normalized spacial score (nSPS) is 12.0. The predicted molar refractivity (Wildman–Crippen MR) is 91.1 cm³/mol. The van der Waals surface area contributed by atoms with E-state index >= 15 is 0 Å². The van der Waals surface area contributed by atoms with E-state index in [9.17, 15) is 4.79 Å². The summed E-state index contributed by atoms with van der Waals surface area (Å²) in [4.78, 5) is 12.1. The summed E-state index contributed by atoms with van der Waals surface area (Å²) in [6.45, 7) is 5.06. The molecule has 0 bridgehead atoms. The highest BCUT2D eigenvalue weighted by atomic mass is 16.5. The van der Waals surface area contributed by atoms with Gasteiger partial charge in [0.15, 0.2) is 5.82 Å². The molecule has 1 aromatic heterocycles. The number of amides is 1. The van der Waals surface area contributed by atoms with Gasteiger partial charge in [-0.05, 0) is 26.0 Å². The Morgan fingerprint density at radius 2 is 2.12 bits per heavy atom. The first-order chi connectivity index (χ1) is 11.7. The second-order valence-corrected chi connectivity index (χ2v) is 5.07. The van der Waals surface area contributed by atoms with Gasteiger partial charge in [0.05, 0.1) is 26.0 Å². The van der Waals surface area contributed by atoms with Gasteiger partial charge < -0.3 is 19.5 Å². The van der Waals surface area contributed by atoms with E-state index in [4.69, 9.17) is 14.2 Å². The van der Waals surface area contributed by atoms with E-state index in [0.717, 1.165) is 17.0 Å². The molecule has 0 aliphatic rings. The van der Waals surface area contributed by atoms with Crippen LogP contribution in [0.5, 0.6) is 5.75 Å². The van der Waals surface area contributed by atoms with Crippen molar-refractivity contribution in [3.05, 3.63) is 30.3 Å². The van der Waals surface area contributed by atoms with Gasteiger partial charge in [-0.1, -0.05) is 12.1 Å². The predicted octanol–water partition coefficient (Wildman–Crippen LogP) is 2.47. The number of ether oxygens (including phenoxy) is 3. The molecule has 0 aliphatic carbocycles. The van der Waals surface area contributed by atoms with Gasteiger partial charge >= 0.3 is 0 Å². The molecule has 0 unspecified atom stereocenters. The van der Waals surface area contributed by atoms with Crippen molar-refractivity contribution < 1.29 is 19.0 Å². The molecule has 0 saturated heterocycles. The van der Waals surface area contributed by atoms with Crippen LogP contribution in [0.4, 0.5) is 5.82 Å². The van der Waals surface area contributed by atoms with Gasteiger partial charge in [-0.3, -0.25) is 9.89 Å². The minimum atomic E-state index is -0.586. The van der Waals surface area contributed by atoms with E-state index in [2.05, 4.69) is 15.5 Å². The number of H-pyrrole nitrogens is 1. The van der Waals surface area contributed by atoms with Crippen LogP contribution in [0.2, 0.25) is 0 Å². The van der Waals surface area contributed by atoms with Crippen molar-refractivity contribution in [2.24, 2.45) is 0 Å². The third-order valence-corrected chi connectivity index (χ3v) is 3.40. The number of carbonyl (C=O) groups excluding carboxylic acids is 1. The average Bonchev–Trinajstić information content (AvgIpc) is 3.06. The first-order valence-corrected chi connectivity index (χ1v) is 7.84. The highest BCUT2D eigenvalue weighted by Crippen LogP contribution is 2.29. The Kier molecular flexibility index (Phi) is 6.77. The molecule has 2 aromatic rings. The highest BCUT2D eigenvalue weighted by molar-refractivity contribution is 5.93. The maximum absolute atomic E-state index is 12.1. The molecular weight excluding hydrogens is 310 g/mol. The summed E-state index contributed by atoms with van der Waals surface area (Å²) in [5.74, 6) is 0.900. The van der Waals surface area contributed by atoms with Gasteiger partial charge in [0.1, 0.15) is 11.9 Å². The summed E-state index contributed by atoms with van der Waals surface area (Å²) in [6, 6.07) is 9.33. The van der Waals surface area contributed by atoms with Gasteiger partial charge in [-0.2, -0.15) is 5.10 Å². The molecular formula is C17H23N3O4. The van der Waals surface area contributed by atoms with Crippen LogP contribution >= 0.6 is 0 Å². The second-order valence-electron chi connectivity index (χ2n) is 5.07. The lowest BCUT2D eigenvalue weighted by atomic mass is 10.1. The van der Waals surface area contributed by atoms with Gasteiger partial charge in [0.25, 0.3) is 5.91 Å². The van der Waals surface area contributed by atoms with Crippen molar-refractivity contribution in [1.29, 1.82) is 0 Å². The Morgan fingerprint density at radius 1 is 1.33 bits per heavy atom. The molecule has 1 atom stereocenters. The molecule has 130 valence electrons. The average molecular weight is 333 g/mol. The number of para-hydroxylation sites is 1. The number of aromatic nitrogens is 2. The number of aromatic amines is 1. The van der Waals surface area contributed by atoms with E-state index in [1.54, 1.807) is 20.1 Å². The van der Waals surface area contributed by atoms with E-state index in [1.165, 1.54) is 0 Å². The summed E-state index contributed by atoms with van der Waals surface area (Å²) < 4.78 is 15.9. The van der Waals surface area contributed by atoms with E-state index in [0.29, 0.717) is 25.6 Å². The smallest absolute Gasteiger partial charge is 0.254 e. The number of nitrogens with one attached hydrogen (secondary N) is 2. The lowest BCUT2D eigenvalue weighted by Crippen LogP contribution is -2.29. The zero-order valence-corrected chi connectivity index (χ0v) is 14.2. The second kappa shape index (κ2) is 9.05. The number of benzene rings is 1. The maximum Gasteiger partial charge on any atom is 0.254 e. The topological polar surface area (TPSA) is 85.5 Å². The Morgan fingerprint density at radius 3 is 2.88 bits per heavy atom. The van der Waals surface area contributed by atoms with Crippen LogP contribution in [-0.2, 0) is 14.3 Å². The van der Waals surface area contributed by atoms with Gasteiger partial charge in [0, 0.05) is 18.2 Å². The van der Waals surface area contributed by atoms with Crippen molar-refractivity contribution in [2.75, 3.05) is 32.2 Å². The number of methoxy groups -OCH3 is 1. The van der Waals surface area contributed by atoms with Crippen LogP contribution in [0.15, 0.2) is 30.3 Å². The molecule has 2 N–H and O–H groups in total. The third kappa shape index (κ3) is 4.81. The molecule has 0 aliphatic heterocycles. The van der Waals surface area contributed by atoms with E-state index in [-0.39, 0.29) is 5.91 Å². The lowest BCUT2D eigenvalue weighted by Gasteiger charge is -2.12. The minimum Gasteiger partial charge on any atom is -0.496 e. The number of carbonyl (C=O) groups is 1. The molecule has 7 nitrogen and oxygen atoms in total. The monoisotopic (exact) mass is 333 g/mol. The highest BCUT2D eigenvalue weighted by Gasteiger charge is 2.16. The lowest BCUT2D eigenvalue weighted by molar-refractivity contribution is -0.127. The zero-order valence-electron chi connectivity index (χ0n) is 14.2. The molecule has 7 heteroatoms. The van der Waals surface area contributed by atoms with Crippen molar-refractivity contribution in [1.82, 2.24) is 10.2 Å². The number of rotatable bonds is 9. The number of hydrogen-bond donors (Lipinski definition) is 2. The van der Waals surface area contributed by atoms with Gasteiger partial charge in [0.2, 0.25) is 0 Å². The third-order valence-electron chi connectivity index (χ3n) is 3.40. The number of anilines is 1. The number of nitrogens with zero attached hydrogens (tertiary/aromatic N) is 1. The quantitative estimate of drug-likeness (QED) is 0.689. The molecule has 1 heterocycles. The fraction of sp³-hybridized carbons (Fsp3) is 0.412. The summed E-state index contributed by atoms with van der Waals surface area (Å²) in [5, 5.41) is 9.73. The van der Waals surface area contributed by atoms with Crippen molar-refractivity contribution >= 4 is 11.7 Å². The van der Waals surface area contributed by atoms with Crippen LogP contribution in [0.3, 0.4) is 0 Å². The zero-order chi connectivity index (χ0) is 17.4. The standard InChI is InChI=1S/C17H23N3O4/c1-4-23-9-10-24-12(2)17(21)18-16-11-14(19-20-16)13-7-5-6-8-15(13)22-3/h5-8,11-12H,4,9-10H2,1-3H3,(H2,18,19,20,21)/t12-/m1/s1. The largest absolute Gasteiger partial charge is 0.496 e. The maximum atomic E-state index is 12.1. The van der Waals surface area contributed by atoms with Crippen LogP contribution < -0.4 is 10.1 Å². The minimum absolute atomic E-state index is 0.260. The summed E-state index contributed by atoms with van der Waals surface area (Å²) in [5.41, 5.74) is 1.63. The van der Waals surface area contributed by atoms with E-state index in [1.807, 2.05) is 31.2 Å². The molecule has 0 spiro atoms. The fourth-order valence-electron chi connectivity index (χ4n) is 2.12. The summed E-state index contributed by atoms with van der Waals surface area (Å²) >= 11 is 0.